The number of carbonyl (C=O) groups is 1. The molecule has 82 valence electrons. The zero-order valence-electron chi connectivity index (χ0n) is 8.77. The molecule has 2 rings (SSSR count). The summed E-state index contributed by atoms with van der Waals surface area (Å²) in [5.74, 6) is 0.459. The average Bonchev–Trinajstić information content (AvgIpc) is 2.77. The van der Waals surface area contributed by atoms with Crippen LogP contribution < -0.4 is 5.32 Å². The zero-order chi connectivity index (χ0) is 10.7. The quantitative estimate of drug-likeness (QED) is 0.716. The zero-order valence-corrected chi connectivity index (χ0v) is 8.77. The number of nitrogens with zero attached hydrogens (tertiary/aromatic N) is 2. The van der Waals surface area contributed by atoms with Gasteiger partial charge in [-0.05, 0) is 6.92 Å². The molecule has 1 aromatic rings. The summed E-state index contributed by atoms with van der Waals surface area (Å²) in [5.41, 5.74) is 0. The van der Waals surface area contributed by atoms with Gasteiger partial charge in [-0.1, -0.05) is 0 Å². The maximum Gasteiger partial charge on any atom is 0.228 e. The largest absolute Gasteiger partial charge is 0.367 e. The number of Topliss-reactive ketones (excluding diaryl/α,β-unsaturated/α-hetero) is 1. The first-order valence-electron chi connectivity index (χ1n) is 5.20. The Morgan fingerprint density at radius 1 is 1.80 bits per heavy atom. The number of rotatable bonds is 3. The van der Waals surface area contributed by atoms with Crippen LogP contribution in [0.15, 0.2) is 12.4 Å². The summed E-state index contributed by atoms with van der Waals surface area (Å²) in [4.78, 5) is 16.1. The van der Waals surface area contributed by atoms with Crippen molar-refractivity contribution in [1.82, 2.24) is 14.9 Å². The summed E-state index contributed by atoms with van der Waals surface area (Å²) in [6.07, 6.45) is 3.07. The van der Waals surface area contributed by atoms with E-state index < -0.39 is 0 Å². The third-order valence-corrected chi connectivity index (χ3v) is 2.50. The Bertz CT molecular complexity index is 342. The standard InChI is InChI=1S/C10H15N3O2/c1-2-13-5-3-12-10(13)9(14)8-7-11-4-6-15-8/h3,5,8,11H,2,4,6-7H2,1H3. The van der Waals surface area contributed by atoms with Gasteiger partial charge in [-0.2, -0.15) is 0 Å². The van der Waals surface area contributed by atoms with E-state index in [9.17, 15) is 4.79 Å². The second-order valence-electron chi connectivity index (χ2n) is 3.46. The van der Waals surface area contributed by atoms with Crippen molar-refractivity contribution in [3.63, 3.8) is 0 Å². The molecule has 1 unspecified atom stereocenters. The van der Waals surface area contributed by atoms with Crippen molar-refractivity contribution in [1.29, 1.82) is 0 Å². The highest BCUT2D eigenvalue weighted by Gasteiger charge is 2.25. The van der Waals surface area contributed by atoms with E-state index >= 15 is 0 Å². The number of ketones is 1. The Labute approximate surface area is 88.4 Å². The molecule has 1 atom stereocenters. The van der Waals surface area contributed by atoms with Gasteiger partial charge in [0.05, 0.1) is 6.61 Å². The highest BCUT2D eigenvalue weighted by molar-refractivity contribution is 5.96. The fourth-order valence-electron chi connectivity index (χ4n) is 1.67. The van der Waals surface area contributed by atoms with Gasteiger partial charge in [-0.3, -0.25) is 4.79 Å². The molecule has 5 heteroatoms. The molecule has 0 aliphatic carbocycles. The first-order valence-corrected chi connectivity index (χ1v) is 5.20. The van der Waals surface area contributed by atoms with E-state index in [1.165, 1.54) is 0 Å². The molecule has 0 saturated carbocycles. The maximum absolute atomic E-state index is 12.0. The molecule has 1 aliphatic heterocycles. The van der Waals surface area contributed by atoms with Crippen LogP contribution in [0.25, 0.3) is 0 Å². The molecule has 0 bridgehead atoms. The number of ether oxygens (including phenoxy) is 1. The van der Waals surface area contributed by atoms with Gasteiger partial charge in [0.15, 0.2) is 5.82 Å². The Kier molecular flexibility index (Phi) is 3.13. The second kappa shape index (κ2) is 4.55. The van der Waals surface area contributed by atoms with Gasteiger partial charge >= 0.3 is 0 Å². The van der Waals surface area contributed by atoms with Gasteiger partial charge in [-0.15, -0.1) is 0 Å². The Morgan fingerprint density at radius 3 is 3.33 bits per heavy atom. The molecule has 0 amide bonds. The minimum absolute atomic E-state index is 0.0333. The smallest absolute Gasteiger partial charge is 0.228 e. The van der Waals surface area contributed by atoms with Crippen LogP contribution in [0.4, 0.5) is 0 Å². The molecule has 2 heterocycles. The normalized spacial score (nSPS) is 21.5. The van der Waals surface area contributed by atoms with Crippen molar-refractivity contribution in [2.45, 2.75) is 19.6 Å². The van der Waals surface area contributed by atoms with Crippen LogP contribution in [0.1, 0.15) is 17.5 Å². The molecule has 15 heavy (non-hydrogen) atoms. The van der Waals surface area contributed by atoms with E-state index in [-0.39, 0.29) is 11.9 Å². The van der Waals surface area contributed by atoms with Crippen LogP contribution in [0.5, 0.6) is 0 Å². The van der Waals surface area contributed by atoms with Crippen molar-refractivity contribution < 1.29 is 9.53 Å². The number of aromatic nitrogens is 2. The van der Waals surface area contributed by atoms with Crippen LogP contribution in [-0.2, 0) is 11.3 Å². The summed E-state index contributed by atoms with van der Waals surface area (Å²) < 4.78 is 7.23. The Balaban J connectivity index is 2.12. The monoisotopic (exact) mass is 209 g/mol. The highest BCUT2D eigenvalue weighted by atomic mass is 16.5. The highest BCUT2D eigenvalue weighted by Crippen LogP contribution is 2.06. The third-order valence-electron chi connectivity index (χ3n) is 2.50. The van der Waals surface area contributed by atoms with Crippen molar-refractivity contribution >= 4 is 5.78 Å². The number of carbonyl (C=O) groups excluding carboxylic acids is 1. The predicted molar refractivity (Wildman–Crippen MR) is 54.8 cm³/mol. The van der Waals surface area contributed by atoms with Crippen LogP contribution in [0.3, 0.4) is 0 Å². The summed E-state index contributed by atoms with van der Waals surface area (Å²) in [7, 11) is 0. The van der Waals surface area contributed by atoms with E-state index in [0.29, 0.717) is 19.0 Å². The lowest BCUT2D eigenvalue weighted by atomic mass is 10.2. The van der Waals surface area contributed by atoms with Crippen molar-refractivity contribution in [2.24, 2.45) is 0 Å². The lowest BCUT2D eigenvalue weighted by Gasteiger charge is -2.22. The van der Waals surface area contributed by atoms with Gasteiger partial charge in [-0.25, -0.2) is 4.98 Å². The van der Waals surface area contributed by atoms with Crippen LogP contribution in [0.2, 0.25) is 0 Å². The van der Waals surface area contributed by atoms with E-state index in [1.54, 1.807) is 6.20 Å². The molecular weight excluding hydrogens is 194 g/mol. The molecule has 0 spiro atoms. The molecule has 1 aliphatic rings. The summed E-state index contributed by atoms with van der Waals surface area (Å²) in [6, 6.07) is 0. The molecule has 1 N–H and O–H groups in total. The minimum atomic E-state index is -0.383. The molecular formula is C10H15N3O2. The molecule has 1 fully saturated rings. The van der Waals surface area contributed by atoms with E-state index in [1.807, 2.05) is 17.7 Å². The molecule has 0 aromatic carbocycles. The lowest BCUT2D eigenvalue weighted by molar-refractivity contribution is 0.0258. The average molecular weight is 209 g/mol. The number of imidazole rings is 1. The minimum Gasteiger partial charge on any atom is -0.367 e. The first-order chi connectivity index (χ1) is 7.33. The van der Waals surface area contributed by atoms with Gasteiger partial charge in [0.2, 0.25) is 5.78 Å². The van der Waals surface area contributed by atoms with Gasteiger partial charge in [0, 0.05) is 32.0 Å². The molecule has 0 radical (unpaired) electrons. The lowest BCUT2D eigenvalue weighted by Crippen LogP contribution is -2.43. The van der Waals surface area contributed by atoms with Crippen molar-refractivity contribution in [3.05, 3.63) is 18.2 Å². The number of hydrogen-bond acceptors (Lipinski definition) is 4. The van der Waals surface area contributed by atoms with Crippen LogP contribution in [-0.4, -0.2) is 41.1 Å². The fraction of sp³-hybridized carbons (Fsp3) is 0.600. The second-order valence-corrected chi connectivity index (χ2v) is 3.46. The van der Waals surface area contributed by atoms with E-state index in [0.717, 1.165) is 13.1 Å². The summed E-state index contributed by atoms with van der Waals surface area (Å²) in [6.45, 7) is 4.71. The van der Waals surface area contributed by atoms with Gasteiger partial charge in [0.25, 0.3) is 0 Å². The van der Waals surface area contributed by atoms with Crippen molar-refractivity contribution in [3.8, 4) is 0 Å². The summed E-state index contributed by atoms with van der Waals surface area (Å²) in [5, 5.41) is 3.13. The Morgan fingerprint density at radius 2 is 2.67 bits per heavy atom. The fourth-order valence-corrected chi connectivity index (χ4v) is 1.67. The SMILES string of the molecule is CCn1ccnc1C(=O)C1CNCCO1. The number of aryl methyl sites for hydroxylation is 1. The van der Waals surface area contributed by atoms with E-state index in [2.05, 4.69) is 10.3 Å². The van der Waals surface area contributed by atoms with E-state index in [4.69, 9.17) is 4.74 Å². The number of morpholine rings is 1. The van der Waals surface area contributed by atoms with Crippen LogP contribution in [0, 0.1) is 0 Å². The first kappa shape index (κ1) is 10.3. The molecule has 1 saturated heterocycles. The number of nitrogens with one attached hydrogen (secondary N) is 1. The van der Waals surface area contributed by atoms with Gasteiger partial charge in [0.1, 0.15) is 6.10 Å². The third kappa shape index (κ3) is 2.08. The number of hydrogen-bond donors (Lipinski definition) is 1. The maximum atomic E-state index is 12.0. The van der Waals surface area contributed by atoms with Crippen molar-refractivity contribution in [2.75, 3.05) is 19.7 Å². The topological polar surface area (TPSA) is 56.2 Å². The summed E-state index contributed by atoms with van der Waals surface area (Å²) >= 11 is 0. The Hall–Kier alpha value is -1.20. The molecule has 5 nitrogen and oxygen atoms in total. The predicted octanol–water partition coefficient (Wildman–Crippen LogP) is 0.0741. The van der Waals surface area contributed by atoms with Gasteiger partial charge < -0.3 is 14.6 Å². The van der Waals surface area contributed by atoms with Crippen LogP contribution >= 0.6 is 0 Å². The molecule has 1 aromatic heterocycles.